The summed E-state index contributed by atoms with van der Waals surface area (Å²) in [6.45, 7) is 1.02. The molecule has 2 aliphatic rings. The molecule has 0 spiro atoms. The van der Waals surface area contributed by atoms with Gasteiger partial charge < -0.3 is 19.9 Å². The second kappa shape index (κ2) is 6.76. The lowest BCUT2D eigenvalue weighted by molar-refractivity contribution is -0.120. The maximum absolute atomic E-state index is 13.0. The number of primary amides is 1. The molecule has 130 valence electrons. The number of hydrogen-bond donors (Lipinski definition) is 1. The van der Waals surface area contributed by atoms with E-state index in [1.54, 1.807) is 22.6 Å². The Bertz CT molecular complexity index is 725. The maximum atomic E-state index is 13.0. The van der Waals surface area contributed by atoms with E-state index in [4.69, 9.17) is 10.5 Å². The van der Waals surface area contributed by atoms with Crippen LogP contribution in [0.2, 0.25) is 0 Å². The zero-order valence-electron chi connectivity index (χ0n) is 13.9. The first-order chi connectivity index (χ1) is 11.5. The minimum atomic E-state index is -0.485. The fourth-order valence-electron chi connectivity index (χ4n) is 3.62. The summed E-state index contributed by atoms with van der Waals surface area (Å²) in [6, 6.07) is 1.33. The van der Waals surface area contributed by atoms with Gasteiger partial charge in [-0.05, 0) is 37.3 Å². The van der Waals surface area contributed by atoms with E-state index in [0.29, 0.717) is 13.2 Å². The highest BCUT2D eigenvalue weighted by Gasteiger charge is 2.31. The number of fused-ring (bicyclic) bond motifs is 1. The van der Waals surface area contributed by atoms with Gasteiger partial charge in [0.2, 0.25) is 5.91 Å². The fraction of sp³-hybridized carbons (Fsp3) is 0.588. The van der Waals surface area contributed by atoms with Crippen molar-refractivity contribution in [3.05, 3.63) is 33.2 Å². The largest absolute Gasteiger partial charge is 0.377 e. The van der Waals surface area contributed by atoms with Crippen LogP contribution in [0.15, 0.2) is 10.9 Å². The SMILES string of the molecule is Cn1c2c(cc(C(=O)N3CCOCC3CC(N)=O)c1=O)CCCC2. The molecule has 1 unspecified atom stereocenters. The van der Waals surface area contributed by atoms with Crippen molar-refractivity contribution >= 4 is 11.8 Å². The number of aromatic nitrogens is 1. The van der Waals surface area contributed by atoms with Crippen LogP contribution in [-0.2, 0) is 29.4 Å². The first kappa shape index (κ1) is 16.7. The summed E-state index contributed by atoms with van der Waals surface area (Å²) in [5.74, 6) is -0.819. The molecule has 3 rings (SSSR count). The minimum absolute atomic E-state index is 0.0387. The van der Waals surface area contributed by atoms with E-state index in [0.717, 1.165) is 36.9 Å². The molecule has 0 saturated carbocycles. The van der Waals surface area contributed by atoms with E-state index >= 15 is 0 Å². The first-order valence-corrected chi connectivity index (χ1v) is 8.38. The minimum Gasteiger partial charge on any atom is -0.377 e. The van der Waals surface area contributed by atoms with Crippen LogP contribution >= 0.6 is 0 Å². The van der Waals surface area contributed by atoms with Gasteiger partial charge in [0.25, 0.3) is 11.5 Å². The van der Waals surface area contributed by atoms with Crippen molar-refractivity contribution < 1.29 is 14.3 Å². The molecule has 0 bridgehead atoms. The van der Waals surface area contributed by atoms with Crippen molar-refractivity contribution in [2.45, 2.75) is 38.1 Å². The molecule has 24 heavy (non-hydrogen) atoms. The van der Waals surface area contributed by atoms with E-state index in [2.05, 4.69) is 0 Å². The predicted molar refractivity (Wildman–Crippen MR) is 87.8 cm³/mol. The van der Waals surface area contributed by atoms with Crippen molar-refractivity contribution in [3.8, 4) is 0 Å². The average Bonchev–Trinajstić information content (AvgIpc) is 2.57. The molecule has 7 nitrogen and oxygen atoms in total. The number of morpholine rings is 1. The van der Waals surface area contributed by atoms with E-state index in [-0.39, 0.29) is 30.1 Å². The second-order valence-corrected chi connectivity index (χ2v) is 6.50. The van der Waals surface area contributed by atoms with Crippen molar-refractivity contribution in [3.63, 3.8) is 0 Å². The molecule has 2 heterocycles. The number of carbonyl (C=O) groups is 2. The highest BCUT2D eigenvalue weighted by molar-refractivity contribution is 5.94. The summed E-state index contributed by atoms with van der Waals surface area (Å²) in [5, 5.41) is 0. The van der Waals surface area contributed by atoms with Gasteiger partial charge in [-0.2, -0.15) is 0 Å². The van der Waals surface area contributed by atoms with Crippen LogP contribution in [0.4, 0.5) is 0 Å². The van der Waals surface area contributed by atoms with Crippen LogP contribution in [0.1, 0.15) is 40.9 Å². The van der Waals surface area contributed by atoms with Crippen LogP contribution in [-0.4, -0.2) is 47.1 Å². The summed E-state index contributed by atoms with van der Waals surface area (Å²) < 4.78 is 6.96. The van der Waals surface area contributed by atoms with Gasteiger partial charge >= 0.3 is 0 Å². The number of aryl methyl sites for hydroxylation is 1. The molecule has 1 aliphatic heterocycles. The van der Waals surface area contributed by atoms with Gasteiger partial charge in [0.1, 0.15) is 5.56 Å². The summed E-state index contributed by atoms with van der Waals surface area (Å²) >= 11 is 0. The fourth-order valence-corrected chi connectivity index (χ4v) is 3.62. The molecule has 1 aromatic rings. The van der Waals surface area contributed by atoms with Crippen LogP contribution in [0.3, 0.4) is 0 Å². The lowest BCUT2D eigenvalue weighted by Crippen LogP contribution is -2.51. The number of carbonyl (C=O) groups excluding carboxylic acids is 2. The van der Waals surface area contributed by atoms with Gasteiger partial charge in [-0.15, -0.1) is 0 Å². The topological polar surface area (TPSA) is 94.6 Å². The summed E-state index contributed by atoms with van der Waals surface area (Å²) in [7, 11) is 1.73. The Morgan fingerprint density at radius 1 is 1.33 bits per heavy atom. The summed E-state index contributed by atoms with van der Waals surface area (Å²) in [6.07, 6.45) is 3.93. The highest BCUT2D eigenvalue weighted by Crippen LogP contribution is 2.21. The quantitative estimate of drug-likeness (QED) is 0.841. The summed E-state index contributed by atoms with van der Waals surface area (Å²) in [5.41, 5.74) is 7.28. The molecule has 1 saturated heterocycles. The van der Waals surface area contributed by atoms with E-state index < -0.39 is 11.9 Å². The third-order valence-corrected chi connectivity index (χ3v) is 4.89. The smallest absolute Gasteiger partial charge is 0.263 e. The molecule has 1 aliphatic carbocycles. The predicted octanol–water partition coefficient (Wildman–Crippen LogP) is -0.0195. The zero-order valence-corrected chi connectivity index (χ0v) is 13.9. The number of nitrogens with two attached hydrogens (primary N) is 1. The number of rotatable bonds is 3. The van der Waals surface area contributed by atoms with E-state index in [1.807, 2.05) is 0 Å². The molecule has 1 atom stereocenters. The molecule has 1 aromatic heterocycles. The van der Waals surface area contributed by atoms with E-state index in [9.17, 15) is 14.4 Å². The highest BCUT2D eigenvalue weighted by atomic mass is 16.5. The van der Waals surface area contributed by atoms with Crippen molar-refractivity contribution in [1.29, 1.82) is 0 Å². The van der Waals surface area contributed by atoms with E-state index in [1.165, 1.54) is 0 Å². The number of ether oxygens (including phenoxy) is 1. The Hall–Kier alpha value is -2.15. The average molecular weight is 333 g/mol. The van der Waals surface area contributed by atoms with Crippen LogP contribution in [0, 0.1) is 0 Å². The molecule has 7 heteroatoms. The van der Waals surface area contributed by atoms with Crippen LogP contribution in [0.25, 0.3) is 0 Å². The Labute approximate surface area is 140 Å². The third kappa shape index (κ3) is 3.08. The second-order valence-electron chi connectivity index (χ2n) is 6.50. The normalized spacial score (nSPS) is 20.5. The van der Waals surface area contributed by atoms with Gasteiger partial charge in [0.15, 0.2) is 0 Å². The lowest BCUT2D eigenvalue weighted by atomic mass is 9.94. The molecule has 2 N–H and O–H groups in total. The Morgan fingerprint density at radius 3 is 2.83 bits per heavy atom. The van der Waals surface area contributed by atoms with Crippen LogP contribution < -0.4 is 11.3 Å². The number of hydrogen-bond acceptors (Lipinski definition) is 4. The molecule has 0 radical (unpaired) electrons. The summed E-state index contributed by atoms with van der Waals surface area (Å²) in [4.78, 5) is 38.4. The lowest BCUT2D eigenvalue weighted by Gasteiger charge is -2.35. The monoisotopic (exact) mass is 333 g/mol. The molecule has 1 fully saturated rings. The van der Waals surface area contributed by atoms with Gasteiger partial charge in [0.05, 0.1) is 19.3 Å². The number of nitrogens with zero attached hydrogens (tertiary/aromatic N) is 2. The van der Waals surface area contributed by atoms with Gasteiger partial charge in [-0.3, -0.25) is 14.4 Å². The Balaban J connectivity index is 1.95. The Morgan fingerprint density at radius 2 is 2.08 bits per heavy atom. The standard InChI is InChI=1S/C17H23N3O4/c1-19-14-5-3-2-4-11(14)8-13(16(19)22)17(23)20-6-7-24-10-12(20)9-15(18)21/h8,12H,2-7,9-10H2,1H3,(H2,18,21). The zero-order chi connectivity index (χ0) is 17.3. The Kier molecular flexibility index (Phi) is 4.71. The van der Waals surface area contributed by atoms with Crippen molar-refractivity contribution in [2.75, 3.05) is 19.8 Å². The van der Waals surface area contributed by atoms with Crippen LogP contribution in [0.5, 0.6) is 0 Å². The third-order valence-electron chi connectivity index (χ3n) is 4.89. The molecular weight excluding hydrogens is 310 g/mol. The maximum Gasteiger partial charge on any atom is 0.263 e. The molecule has 0 aromatic carbocycles. The molecule has 2 amide bonds. The van der Waals surface area contributed by atoms with Crippen molar-refractivity contribution in [2.24, 2.45) is 12.8 Å². The van der Waals surface area contributed by atoms with Crippen molar-refractivity contribution in [1.82, 2.24) is 9.47 Å². The van der Waals surface area contributed by atoms with Gasteiger partial charge in [-0.1, -0.05) is 0 Å². The van der Waals surface area contributed by atoms with Gasteiger partial charge in [0, 0.05) is 25.7 Å². The molecular formula is C17H23N3O4. The first-order valence-electron chi connectivity index (χ1n) is 8.38. The number of amides is 2. The van der Waals surface area contributed by atoms with Gasteiger partial charge in [-0.25, -0.2) is 0 Å². The number of pyridine rings is 1.